The van der Waals surface area contributed by atoms with Crippen LogP contribution < -0.4 is 9.64 Å². The molecule has 2 aliphatic heterocycles. The number of amides is 4. The summed E-state index contributed by atoms with van der Waals surface area (Å²) in [5.41, 5.74) is 1.27. The van der Waals surface area contributed by atoms with E-state index in [9.17, 15) is 29.4 Å². The number of fused-ring (bicyclic) bond motifs is 4. The van der Waals surface area contributed by atoms with Crippen molar-refractivity contribution in [1.29, 1.82) is 0 Å². The lowest BCUT2D eigenvalue weighted by molar-refractivity contribution is -0.140. The van der Waals surface area contributed by atoms with Crippen LogP contribution in [0, 0.1) is 29.1 Å². The number of allylic oxidation sites excluding steroid dienone is 2. The molecule has 4 amide bonds. The van der Waals surface area contributed by atoms with Gasteiger partial charge in [-0.05, 0) is 74.1 Å². The van der Waals surface area contributed by atoms with Crippen LogP contribution in [0.25, 0.3) is 0 Å². The number of carbonyl (C=O) groups is 4. The van der Waals surface area contributed by atoms with Crippen molar-refractivity contribution in [3.05, 3.63) is 94.0 Å². The zero-order valence-corrected chi connectivity index (χ0v) is 26.9. The van der Waals surface area contributed by atoms with Crippen LogP contribution in [0.1, 0.15) is 36.8 Å². The maximum Gasteiger partial charge on any atom is 0.241 e. The quantitative estimate of drug-likeness (QED) is 0.265. The Kier molecular flexibility index (Phi) is 7.31. The number of hydrogen-bond acceptors (Lipinski definition) is 7. The number of carbonyl (C=O) groups excluding carboxylic acids is 4. The smallest absolute Gasteiger partial charge is 0.241 e. The first-order valence-electron chi connectivity index (χ1n) is 15.4. The van der Waals surface area contributed by atoms with Gasteiger partial charge in [-0.25, -0.2) is 4.90 Å². The van der Waals surface area contributed by atoms with Gasteiger partial charge in [0.2, 0.25) is 23.6 Å². The summed E-state index contributed by atoms with van der Waals surface area (Å²) in [4.78, 5) is 59.2. The number of likely N-dealkylation sites (tertiary alicyclic amines) is 1. The van der Waals surface area contributed by atoms with Crippen molar-refractivity contribution in [3.63, 3.8) is 0 Å². The maximum atomic E-state index is 14.5. The van der Waals surface area contributed by atoms with Gasteiger partial charge < -0.3 is 14.9 Å². The van der Waals surface area contributed by atoms with E-state index in [-0.39, 0.29) is 53.8 Å². The van der Waals surface area contributed by atoms with Crippen molar-refractivity contribution < 1.29 is 34.1 Å². The third kappa shape index (κ3) is 4.40. The highest BCUT2D eigenvalue weighted by molar-refractivity contribution is 9.10. The molecule has 4 aliphatic rings. The maximum absolute atomic E-state index is 14.5. The third-order valence-electron chi connectivity index (χ3n) is 10.5. The number of phenolic OH excluding ortho intramolecular Hbond substituents is 2. The molecular weight excluding hydrogens is 652 g/mol. The van der Waals surface area contributed by atoms with E-state index in [1.165, 1.54) is 16.9 Å². The monoisotopic (exact) mass is 684 g/mol. The van der Waals surface area contributed by atoms with Gasteiger partial charge in [0.05, 0.1) is 36.0 Å². The predicted molar refractivity (Wildman–Crippen MR) is 172 cm³/mol. The number of hydrogen-bond donors (Lipinski definition) is 2. The molecule has 7 rings (SSSR count). The van der Waals surface area contributed by atoms with Crippen molar-refractivity contribution in [2.75, 3.05) is 18.6 Å². The molecule has 9 nitrogen and oxygen atoms in total. The lowest BCUT2D eigenvalue weighted by Crippen LogP contribution is -2.49. The first kappa shape index (κ1) is 30.2. The molecule has 0 spiro atoms. The van der Waals surface area contributed by atoms with E-state index < -0.39 is 35.0 Å². The summed E-state index contributed by atoms with van der Waals surface area (Å²) in [6.45, 7) is 1.98. The van der Waals surface area contributed by atoms with Gasteiger partial charge in [0.1, 0.15) is 5.75 Å². The second-order valence-corrected chi connectivity index (χ2v) is 13.7. The molecule has 3 fully saturated rings. The van der Waals surface area contributed by atoms with Crippen molar-refractivity contribution in [3.8, 4) is 17.2 Å². The summed E-state index contributed by atoms with van der Waals surface area (Å²) < 4.78 is 6.10. The zero-order valence-electron chi connectivity index (χ0n) is 25.4. The zero-order chi connectivity index (χ0) is 32.5. The highest BCUT2D eigenvalue weighted by Gasteiger charge is 2.68. The number of benzene rings is 3. The molecule has 236 valence electrons. The van der Waals surface area contributed by atoms with Crippen LogP contribution in [0.4, 0.5) is 5.69 Å². The molecule has 0 bridgehead atoms. The van der Waals surface area contributed by atoms with Crippen LogP contribution in [0.3, 0.4) is 0 Å². The van der Waals surface area contributed by atoms with E-state index in [0.717, 1.165) is 11.1 Å². The minimum Gasteiger partial charge on any atom is -0.508 e. The third-order valence-corrected chi connectivity index (χ3v) is 11.0. The van der Waals surface area contributed by atoms with Crippen molar-refractivity contribution in [1.82, 2.24) is 4.90 Å². The molecular formula is C36H33BrN2O7. The lowest BCUT2D eigenvalue weighted by atomic mass is 9.51. The van der Waals surface area contributed by atoms with Crippen LogP contribution >= 0.6 is 15.9 Å². The van der Waals surface area contributed by atoms with Gasteiger partial charge in [-0.15, -0.1) is 0 Å². The Hall–Kier alpha value is -4.44. The molecule has 3 aromatic rings. The first-order chi connectivity index (χ1) is 22.1. The highest BCUT2D eigenvalue weighted by Crippen LogP contribution is 2.65. The van der Waals surface area contributed by atoms with E-state index in [0.29, 0.717) is 28.6 Å². The van der Waals surface area contributed by atoms with E-state index in [1.54, 1.807) is 67.6 Å². The average Bonchev–Trinajstić information content (AvgIpc) is 3.41. The van der Waals surface area contributed by atoms with Crippen molar-refractivity contribution in [2.45, 2.75) is 32.1 Å². The van der Waals surface area contributed by atoms with Gasteiger partial charge in [0.25, 0.3) is 0 Å². The second-order valence-electron chi connectivity index (χ2n) is 12.8. The van der Waals surface area contributed by atoms with E-state index in [2.05, 4.69) is 15.9 Å². The Morgan fingerprint density at radius 3 is 2.35 bits per heavy atom. The molecule has 1 saturated carbocycles. The number of anilines is 1. The van der Waals surface area contributed by atoms with Crippen LogP contribution in [-0.4, -0.2) is 52.4 Å². The topological polar surface area (TPSA) is 124 Å². The van der Waals surface area contributed by atoms with Crippen LogP contribution in [0.5, 0.6) is 17.2 Å². The number of para-hydroxylation sites is 1. The second kappa shape index (κ2) is 11.1. The van der Waals surface area contributed by atoms with Crippen LogP contribution in [0.2, 0.25) is 0 Å². The summed E-state index contributed by atoms with van der Waals surface area (Å²) in [7, 11) is 1.45. The molecule has 6 atom stereocenters. The molecule has 10 heteroatoms. The molecule has 2 N–H and O–H groups in total. The van der Waals surface area contributed by atoms with E-state index in [4.69, 9.17) is 4.74 Å². The average molecular weight is 686 g/mol. The van der Waals surface area contributed by atoms with Gasteiger partial charge in [0.15, 0.2) is 11.5 Å². The normalized spacial score (nSPS) is 28.6. The molecule has 3 aromatic carbocycles. The number of nitrogens with zero attached hydrogens (tertiary/aromatic N) is 2. The SMILES string of the molecule is COc1cc(Br)cc([C@H]2C3=CC[C@@H]4C(=O)N(CCc5ccc(O)cc5)C(=O)[C@@H]4[C@@H]3C[C@H]3C(=O)N(c4ccccc4)C(=O)[C@@]23C)c1O. The fourth-order valence-corrected chi connectivity index (χ4v) is 8.80. The number of methoxy groups -OCH3 is 1. The largest absolute Gasteiger partial charge is 0.508 e. The fraction of sp³-hybridized carbons (Fsp3) is 0.333. The highest BCUT2D eigenvalue weighted by atomic mass is 79.9. The predicted octanol–water partition coefficient (Wildman–Crippen LogP) is 5.34. The van der Waals surface area contributed by atoms with Gasteiger partial charge in [-0.2, -0.15) is 0 Å². The number of rotatable bonds is 6. The molecule has 0 unspecified atom stereocenters. The molecule has 2 saturated heterocycles. The molecule has 0 radical (unpaired) electrons. The first-order valence-corrected chi connectivity index (χ1v) is 16.2. The fourth-order valence-electron chi connectivity index (χ4n) is 8.34. The van der Waals surface area contributed by atoms with Gasteiger partial charge in [-0.1, -0.05) is 57.9 Å². The standard InChI is InChI=1S/C36H33BrN2O7/c1-36-27(33(43)39(35(36)45)21-6-4-3-5-7-21)18-25-23(30(36)26-16-20(37)17-28(46-2)31(26)41)12-13-24-29(25)34(44)38(32(24)42)15-14-19-8-10-22(40)11-9-19/h3-12,16-17,24-25,27,29-30,40-41H,13-15,18H2,1-2H3/t24-,25+,27-,29-,30+,36+/m0/s1. The summed E-state index contributed by atoms with van der Waals surface area (Å²) in [5, 5.41) is 21.2. The number of imide groups is 2. The summed E-state index contributed by atoms with van der Waals surface area (Å²) >= 11 is 3.53. The van der Waals surface area contributed by atoms with E-state index in [1.807, 2.05) is 12.1 Å². The Balaban J connectivity index is 1.32. The number of phenols is 2. The Morgan fingerprint density at radius 2 is 1.65 bits per heavy atom. The summed E-state index contributed by atoms with van der Waals surface area (Å²) in [6.07, 6.45) is 2.94. The molecule has 2 heterocycles. The molecule has 46 heavy (non-hydrogen) atoms. The Morgan fingerprint density at radius 1 is 0.935 bits per heavy atom. The summed E-state index contributed by atoms with van der Waals surface area (Å²) in [5.74, 6) is -4.35. The number of halogens is 1. The van der Waals surface area contributed by atoms with Gasteiger partial charge >= 0.3 is 0 Å². The molecule has 2 aliphatic carbocycles. The Labute approximate surface area is 274 Å². The number of aromatic hydroxyl groups is 2. The minimum atomic E-state index is -1.28. The van der Waals surface area contributed by atoms with Gasteiger partial charge in [-0.3, -0.25) is 24.1 Å². The summed E-state index contributed by atoms with van der Waals surface area (Å²) in [6, 6.07) is 18.8. The minimum absolute atomic E-state index is 0.137. The number of ether oxygens (including phenoxy) is 1. The van der Waals surface area contributed by atoms with Crippen LogP contribution in [-0.2, 0) is 25.6 Å². The van der Waals surface area contributed by atoms with Gasteiger partial charge in [0, 0.05) is 22.5 Å². The lowest BCUT2D eigenvalue weighted by Gasteiger charge is -2.49. The van der Waals surface area contributed by atoms with Crippen molar-refractivity contribution >= 4 is 45.2 Å². The van der Waals surface area contributed by atoms with E-state index >= 15 is 0 Å². The molecule has 0 aromatic heterocycles. The Bertz CT molecular complexity index is 1810. The van der Waals surface area contributed by atoms with Crippen LogP contribution in [0.15, 0.2) is 82.9 Å². The van der Waals surface area contributed by atoms with Crippen molar-refractivity contribution in [2.24, 2.45) is 29.1 Å².